The Bertz CT molecular complexity index is 389. The molecular formula is C13H17ClFNO. The molecule has 0 atom stereocenters. The molecule has 1 aliphatic heterocycles. The van der Waals surface area contributed by atoms with E-state index in [2.05, 4.69) is 4.90 Å². The first-order chi connectivity index (χ1) is 8.22. The molecule has 94 valence electrons. The van der Waals surface area contributed by atoms with Gasteiger partial charge in [0.1, 0.15) is 11.6 Å². The highest BCUT2D eigenvalue weighted by molar-refractivity contribution is 6.32. The van der Waals surface area contributed by atoms with Crippen LogP contribution in [0.1, 0.15) is 25.7 Å². The van der Waals surface area contributed by atoms with E-state index < -0.39 is 0 Å². The first-order valence-electron chi connectivity index (χ1n) is 6.00. The molecule has 4 heteroatoms. The molecule has 0 radical (unpaired) electrons. The maximum absolute atomic E-state index is 13.9. The summed E-state index contributed by atoms with van der Waals surface area (Å²) in [5.41, 5.74) is 0.605. The Hall–Kier alpha value is -0.960. The summed E-state index contributed by atoms with van der Waals surface area (Å²) in [6.07, 6.45) is 4.68. The van der Waals surface area contributed by atoms with Gasteiger partial charge in [0.15, 0.2) is 0 Å². The summed E-state index contributed by atoms with van der Waals surface area (Å²) in [6.45, 7) is 1.81. The highest BCUT2D eigenvalue weighted by atomic mass is 35.5. The van der Waals surface area contributed by atoms with Gasteiger partial charge in [0, 0.05) is 19.2 Å². The van der Waals surface area contributed by atoms with Gasteiger partial charge < -0.3 is 9.64 Å². The standard InChI is InChI=1S/C13H17ClFNO/c1-17-13-9-12(11(15)8-10(13)14)16-6-4-2-3-5-7-16/h8-9H,2-7H2,1H3. The van der Waals surface area contributed by atoms with Crippen LogP contribution in [0.5, 0.6) is 5.75 Å². The molecule has 0 saturated carbocycles. The summed E-state index contributed by atoms with van der Waals surface area (Å²) in [5.74, 6) is 0.269. The zero-order valence-electron chi connectivity index (χ0n) is 10.0. The molecule has 0 aromatic heterocycles. The average Bonchev–Trinajstić information content (AvgIpc) is 2.58. The Morgan fingerprint density at radius 1 is 1.18 bits per heavy atom. The zero-order valence-corrected chi connectivity index (χ0v) is 10.8. The number of anilines is 1. The third-order valence-corrected chi connectivity index (χ3v) is 3.46. The average molecular weight is 258 g/mol. The number of hydrogen-bond donors (Lipinski definition) is 0. The second-order valence-electron chi connectivity index (χ2n) is 4.34. The fourth-order valence-corrected chi connectivity index (χ4v) is 2.46. The van der Waals surface area contributed by atoms with Crippen molar-refractivity contribution >= 4 is 17.3 Å². The molecular weight excluding hydrogens is 241 g/mol. The van der Waals surface area contributed by atoms with Gasteiger partial charge in [-0.25, -0.2) is 4.39 Å². The molecule has 2 nitrogen and oxygen atoms in total. The molecule has 1 heterocycles. The predicted molar refractivity (Wildman–Crippen MR) is 68.6 cm³/mol. The van der Waals surface area contributed by atoms with Gasteiger partial charge in [-0.3, -0.25) is 0 Å². The first kappa shape index (κ1) is 12.5. The minimum Gasteiger partial charge on any atom is -0.495 e. The molecule has 0 amide bonds. The number of rotatable bonds is 2. The van der Waals surface area contributed by atoms with Crippen LogP contribution in [0.2, 0.25) is 5.02 Å². The maximum Gasteiger partial charge on any atom is 0.148 e. The second kappa shape index (κ2) is 5.58. The van der Waals surface area contributed by atoms with Gasteiger partial charge in [-0.05, 0) is 18.9 Å². The van der Waals surface area contributed by atoms with E-state index in [1.807, 2.05) is 0 Å². The summed E-state index contributed by atoms with van der Waals surface area (Å²) in [6, 6.07) is 3.03. The topological polar surface area (TPSA) is 12.5 Å². The van der Waals surface area contributed by atoms with Gasteiger partial charge >= 0.3 is 0 Å². The smallest absolute Gasteiger partial charge is 0.148 e. The Morgan fingerprint density at radius 3 is 2.41 bits per heavy atom. The number of hydrogen-bond acceptors (Lipinski definition) is 2. The van der Waals surface area contributed by atoms with Gasteiger partial charge in [0.25, 0.3) is 0 Å². The summed E-state index contributed by atoms with van der Waals surface area (Å²) < 4.78 is 19.0. The van der Waals surface area contributed by atoms with Crippen molar-refractivity contribution in [1.29, 1.82) is 0 Å². The lowest BCUT2D eigenvalue weighted by Gasteiger charge is -2.23. The van der Waals surface area contributed by atoms with Crippen LogP contribution in [0.25, 0.3) is 0 Å². The molecule has 0 aliphatic carbocycles. The van der Waals surface area contributed by atoms with E-state index in [0.717, 1.165) is 25.9 Å². The highest BCUT2D eigenvalue weighted by Gasteiger charge is 2.16. The van der Waals surface area contributed by atoms with E-state index in [1.165, 1.54) is 18.9 Å². The van der Waals surface area contributed by atoms with Crippen molar-refractivity contribution < 1.29 is 9.13 Å². The molecule has 1 saturated heterocycles. The normalized spacial score (nSPS) is 16.8. The van der Waals surface area contributed by atoms with Gasteiger partial charge in [-0.15, -0.1) is 0 Å². The number of methoxy groups -OCH3 is 1. The van der Waals surface area contributed by atoms with Crippen molar-refractivity contribution in [2.75, 3.05) is 25.1 Å². The molecule has 1 aromatic carbocycles. The van der Waals surface area contributed by atoms with Gasteiger partial charge in [-0.2, -0.15) is 0 Å². The Morgan fingerprint density at radius 2 is 1.82 bits per heavy atom. The molecule has 1 fully saturated rings. The number of ether oxygens (including phenoxy) is 1. The predicted octanol–water partition coefficient (Wildman–Crippen LogP) is 3.87. The number of benzene rings is 1. The third kappa shape index (κ3) is 2.83. The van der Waals surface area contributed by atoms with Crippen molar-refractivity contribution in [3.8, 4) is 5.75 Å². The van der Waals surface area contributed by atoms with Crippen LogP contribution < -0.4 is 9.64 Å². The summed E-state index contributed by atoms with van der Waals surface area (Å²) in [7, 11) is 1.55. The number of halogens is 2. The SMILES string of the molecule is COc1cc(N2CCCCCC2)c(F)cc1Cl. The van der Waals surface area contributed by atoms with Gasteiger partial charge in [0.2, 0.25) is 0 Å². The second-order valence-corrected chi connectivity index (χ2v) is 4.75. The summed E-state index contributed by atoms with van der Waals surface area (Å²) in [4.78, 5) is 2.08. The maximum atomic E-state index is 13.9. The van der Waals surface area contributed by atoms with Crippen LogP contribution in [0, 0.1) is 5.82 Å². The van der Waals surface area contributed by atoms with Crippen LogP contribution >= 0.6 is 11.6 Å². The van der Waals surface area contributed by atoms with Crippen molar-refractivity contribution in [3.05, 3.63) is 23.0 Å². The van der Waals surface area contributed by atoms with Crippen LogP contribution in [0.15, 0.2) is 12.1 Å². The van der Waals surface area contributed by atoms with E-state index in [-0.39, 0.29) is 5.82 Å². The molecule has 0 bridgehead atoms. The van der Waals surface area contributed by atoms with Gasteiger partial charge in [-0.1, -0.05) is 24.4 Å². The molecule has 1 aliphatic rings. The molecule has 0 N–H and O–H groups in total. The fourth-order valence-electron chi connectivity index (χ4n) is 2.23. The minimum atomic E-state index is -0.266. The minimum absolute atomic E-state index is 0.266. The van der Waals surface area contributed by atoms with Crippen LogP contribution in [-0.4, -0.2) is 20.2 Å². The Labute approximate surface area is 106 Å². The molecule has 1 aromatic rings. The van der Waals surface area contributed by atoms with E-state index in [4.69, 9.17) is 16.3 Å². The Kier molecular flexibility index (Phi) is 4.11. The quantitative estimate of drug-likeness (QED) is 0.798. The number of nitrogens with zero attached hydrogens (tertiary/aromatic N) is 1. The molecule has 0 unspecified atom stereocenters. The van der Waals surface area contributed by atoms with E-state index in [9.17, 15) is 4.39 Å². The molecule has 2 rings (SSSR count). The van der Waals surface area contributed by atoms with Crippen LogP contribution in [-0.2, 0) is 0 Å². The van der Waals surface area contributed by atoms with E-state index >= 15 is 0 Å². The summed E-state index contributed by atoms with van der Waals surface area (Å²) >= 11 is 5.89. The third-order valence-electron chi connectivity index (χ3n) is 3.17. The lowest BCUT2D eigenvalue weighted by molar-refractivity contribution is 0.414. The van der Waals surface area contributed by atoms with Crippen molar-refractivity contribution in [3.63, 3.8) is 0 Å². The Balaban J connectivity index is 2.29. The zero-order chi connectivity index (χ0) is 12.3. The van der Waals surface area contributed by atoms with E-state index in [0.29, 0.717) is 16.5 Å². The monoisotopic (exact) mass is 257 g/mol. The first-order valence-corrected chi connectivity index (χ1v) is 6.38. The van der Waals surface area contributed by atoms with Gasteiger partial charge in [0.05, 0.1) is 17.8 Å². The van der Waals surface area contributed by atoms with Crippen LogP contribution in [0.3, 0.4) is 0 Å². The molecule has 0 spiro atoms. The van der Waals surface area contributed by atoms with Crippen molar-refractivity contribution in [2.45, 2.75) is 25.7 Å². The van der Waals surface area contributed by atoms with E-state index in [1.54, 1.807) is 13.2 Å². The fraction of sp³-hybridized carbons (Fsp3) is 0.538. The highest BCUT2D eigenvalue weighted by Crippen LogP contribution is 2.33. The largest absolute Gasteiger partial charge is 0.495 e. The molecule has 17 heavy (non-hydrogen) atoms. The summed E-state index contributed by atoms with van der Waals surface area (Å²) in [5, 5.41) is 0.323. The van der Waals surface area contributed by atoms with Crippen molar-refractivity contribution in [2.24, 2.45) is 0 Å². The van der Waals surface area contributed by atoms with Crippen LogP contribution in [0.4, 0.5) is 10.1 Å². The lowest BCUT2D eigenvalue weighted by atomic mass is 10.2. The van der Waals surface area contributed by atoms with Crippen molar-refractivity contribution in [1.82, 2.24) is 0 Å². The lowest BCUT2D eigenvalue weighted by Crippen LogP contribution is -2.24.